The molecule has 0 fully saturated rings. The maximum absolute atomic E-state index is 5.70. The molecule has 3 heteroatoms. The van der Waals surface area contributed by atoms with Crippen LogP contribution in [0.4, 0.5) is 0 Å². The second kappa shape index (κ2) is 7.65. The van der Waals surface area contributed by atoms with Gasteiger partial charge in [-0.05, 0) is 55.3 Å². The number of likely N-dealkylation sites (N-methyl/N-ethyl adjacent to an activating group) is 1. The first kappa shape index (κ1) is 14.5. The smallest absolute Gasteiger partial charge is 0.119 e. The van der Waals surface area contributed by atoms with Crippen molar-refractivity contribution in [2.45, 2.75) is 25.8 Å². The first-order chi connectivity index (χ1) is 9.83. The number of aromatic nitrogens is 1. The van der Waals surface area contributed by atoms with Crippen LogP contribution in [0.1, 0.15) is 30.5 Å². The number of nitrogens with zero attached hydrogens (tertiary/aromatic N) is 1. The second-order valence-electron chi connectivity index (χ2n) is 4.82. The van der Waals surface area contributed by atoms with E-state index in [2.05, 4.69) is 47.6 Å². The molecule has 2 rings (SSSR count). The number of hydrogen-bond donors (Lipinski definition) is 1. The predicted octanol–water partition coefficient (Wildman–Crippen LogP) is 3.37. The fourth-order valence-electron chi connectivity index (χ4n) is 2.18. The van der Waals surface area contributed by atoms with Crippen LogP contribution < -0.4 is 10.1 Å². The molecule has 1 atom stereocenters. The summed E-state index contributed by atoms with van der Waals surface area (Å²) in [6, 6.07) is 12.7. The largest absolute Gasteiger partial charge is 0.494 e. The van der Waals surface area contributed by atoms with Gasteiger partial charge in [0.15, 0.2) is 0 Å². The summed E-state index contributed by atoms with van der Waals surface area (Å²) in [5.74, 6) is 0.944. The molecule has 20 heavy (non-hydrogen) atoms. The third kappa shape index (κ3) is 4.07. The van der Waals surface area contributed by atoms with Gasteiger partial charge in [0.1, 0.15) is 5.75 Å². The van der Waals surface area contributed by atoms with E-state index >= 15 is 0 Å². The molecule has 0 bridgehead atoms. The lowest BCUT2D eigenvalue weighted by Crippen LogP contribution is -2.18. The number of ether oxygens (including phenoxy) is 1. The minimum absolute atomic E-state index is 0.280. The van der Waals surface area contributed by atoms with Crippen LogP contribution in [0.2, 0.25) is 0 Å². The van der Waals surface area contributed by atoms with E-state index in [1.807, 2.05) is 25.5 Å². The maximum atomic E-state index is 5.70. The fourth-order valence-corrected chi connectivity index (χ4v) is 2.18. The minimum Gasteiger partial charge on any atom is -0.494 e. The van der Waals surface area contributed by atoms with E-state index in [1.54, 1.807) is 0 Å². The van der Waals surface area contributed by atoms with E-state index in [0.29, 0.717) is 0 Å². The van der Waals surface area contributed by atoms with E-state index < -0.39 is 0 Å². The summed E-state index contributed by atoms with van der Waals surface area (Å²) in [4.78, 5) is 4.06. The normalized spacial score (nSPS) is 12.1. The monoisotopic (exact) mass is 270 g/mol. The minimum atomic E-state index is 0.280. The zero-order chi connectivity index (χ0) is 14.2. The topological polar surface area (TPSA) is 34.1 Å². The van der Waals surface area contributed by atoms with Gasteiger partial charge >= 0.3 is 0 Å². The van der Waals surface area contributed by atoms with E-state index in [0.717, 1.165) is 25.2 Å². The Hall–Kier alpha value is -1.87. The van der Waals surface area contributed by atoms with Crippen molar-refractivity contribution in [1.29, 1.82) is 0 Å². The van der Waals surface area contributed by atoms with Crippen molar-refractivity contribution in [3.8, 4) is 5.75 Å². The predicted molar refractivity (Wildman–Crippen MR) is 82.0 cm³/mol. The van der Waals surface area contributed by atoms with Crippen LogP contribution in [-0.4, -0.2) is 18.6 Å². The molecular weight excluding hydrogens is 248 g/mol. The quantitative estimate of drug-likeness (QED) is 0.837. The Labute approximate surface area is 121 Å². The van der Waals surface area contributed by atoms with Crippen molar-refractivity contribution < 1.29 is 4.74 Å². The molecule has 0 radical (unpaired) electrons. The van der Waals surface area contributed by atoms with Crippen LogP contribution in [0.25, 0.3) is 0 Å². The van der Waals surface area contributed by atoms with Crippen molar-refractivity contribution in [1.82, 2.24) is 10.3 Å². The first-order valence-corrected chi connectivity index (χ1v) is 7.12. The molecule has 0 aliphatic rings. The number of benzene rings is 1. The summed E-state index contributed by atoms with van der Waals surface area (Å²) < 4.78 is 5.70. The molecular formula is C17H22N2O. The van der Waals surface area contributed by atoms with Gasteiger partial charge < -0.3 is 10.1 Å². The molecule has 0 spiro atoms. The van der Waals surface area contributed by atoms with E-state index in [1.165, 1.54) is 11.1 Å². The Morgan fingerprint density at radius 1 is 1.20 bits per heavy atom. The standard InChI is InChI=1S/C17H22N2O/c1-3-11-20-16-6-4-5-15(13-16)17(18-2)12-14-7-9-19-10-8-14/h4-10,13,17-18H,3,11-12H2,1-2H3. The van der Waals surface area contributed by atoms with Gasteiger partial charge in [-0.1, -0.05) is 19.1 Å². The highest BCUT2D eigenvalue weighted by Gasteiger charge is 2.10. The van der Waals surface area contributed by atoms with Crippen LogP contribution >= 0.6 is 0 Å². The van der Waals surface area contributed by atoms with Crippen molar-refractivity contribution in [3.63, 3.8) is 0 Å². The van der Waals surface area contributed by atoms with Crippen LogP contribution in [0.3, 0.4) is 0 Å². The van der Waals surface area contributed by atoms with Gasteiger partial charge in [-0.3, -0.25) is 4.98 Å². The maximum Gasteiger partial charge on any atom is 0.119 e. The molecule has 0 saturated heterocycles. The summed E-state index contributed by atoms with van der Waals surface area (Å²) in [6.07, 6.45) is 5.64. The molecule has 2 aromatic rings. The highest BCUT2D eigenvalue weighted by Crippen LogP contribution is 2.22. The molecule has 1 aromatic heterocycles. The van der Waals surface area contributed by atoms with E-state index in [9.17, 15) is 0 Å². The Morgan fingerprint density at radius 2 is 2.00 bits per heavy atom. The second-order valence-corrected chi connectivity index (χ2v) is 4.82. The number of hydrogen-bond acceptors (Lipinski definition) is 3. The van der Waals surface area contributed by atoms with Crippen molar-refractivity contribution in [2.24, 2.45) is 0 Å². The van der Waals surface area contributed by atoms with Gasteiger partial charge in [-0.25, -0.2) is 0 Å². The fraction of sp³-hybridized carbons (Fsp3) is 0.353. The lowest BCUT2D eigenvalue weighted by Gasteiger charge is -2.17. The molecule has 1 unspecified atom stereocenters. The number of nitrogens with one attached hydrogen (secondary N) is 1. The van der Waals surface area contributed by atoms with Crippen LogP contribution in [0.15, 0.2) is 48.8 Å². The third-order valence-corrected chi connectivity index (χ3v) is 3.27. The summed E-state index contributed by atoms with van der Waals surface area (Å²) in [5, 5.41) is 3.37. The Morgan fingerprint density at radius 3 is 2.70 bits per heavy atom. The van der Waals surface area contributed by atoms with Gasteiger partial charge in [0, 0.05) is 18.4 Å². The summed E-state index contributed by atoms with van der Waals surface area (Å²) in [7, 11) is 1.99. The number of pyridine rings is 1. The molecule has 1 aromatic carbocycles. The van der Waals surface area contributed by atoms with E-state index in [-0.39, 0.29) is 6.04 Å². The first-order valence-electron chi connectivity index (χ1n) is 7.12. The molecule has 0 aliphatic carbocycles. The Bertz CT molecular complexity index is 513. The molecule has 0 saturated carbocycles. The van der Waals surface area contributed by atoms with Crippen molar-refractivity contribution in [3.05, 3.63) is 59.9 Å². The summed E-state index contributed by atoms with van der Waals surface area (Å²) in [5.41, 5.74) is 2.53. The Balaban J connectivity index is 2.10. The third-order valence-electron chi connectivity index (χ3n) is 3.27. The molecule has 106 valence electrons. The van der Waals surface area contributed by atoms with E-state index in [4.69, 9.17) is 4.74 Å². The van der Waals surface area contributed by atoms with Crippen LogP contribution in [0, 0.1) is 0 Å². The average Bonchev–Trinajstić information content (AvgIpc) is 2.52. The highest BCUT2D eigenvalue weighted by atomic mass is 16.5. The zero-order valence-corrected chi connectivity index (χ0v) is 12.2. The highest BCUT2D eigenvalue weighted by molar-refractivity contribution is 5.31. The SMILES string of the molecule is CCCOc1cccc(C(Cc2ccncc2)NC)c1. The van der Waals surface area contributed by atoms with Crippen molar-refractivity contribution in [2.75, 3.05) is 13.7 Å². The number of rotatable bonds is 7. The van der Waals surface area contributed by atoms with Crippen LogP contribution in [-0.2, 0) is 6.42 Å². The zero-order valence-electron chi connectivity index (χ0n) is 12.2. The lowest BCUT2D eigenvalue weighted by molar-refractivity contribution is 0.317. The molecule has 1 heterocycles. The van der Waals surface area contributed by atoms with Gasteiger partial charge in [0.25, 0.3) is 0 Å². The Kier molecular flexibility index (Phi) is 5.56. The van der Waals surface area contributed by atoms with Gasteiger partial charge in [-0.15, -0.1) is 0 Å². The molecule has 0 amide bonds. The van der Waals surface area contributed by atoms with Gasteiger partial charge in [-0.2, -0.15) is 0 Å². The summed E-state index contributed by atoms with van der Waals surface area (Å²) in [6.45, 7) is 2.88. The molecule has 0 aliphatic heterocycles. The van der Waals surface area contributed by atoms with Gasteiger partial charge in [0.2, 0.25) is 0 Å². The van der Waals surface area contributed by atoms with Crippen molar-refractivity contribution >= 4 is 0 Å². The summed E-state index contributed by atoms with van der Waals surface area (Å²) >= 11 is 0. The molecule has 1 N–H and O–H groups in total. The van der Waals surface area contributed by atoms with Gasteiger partial charge in [0.05, 0.1) is 6.61 Å². The van der Waals surface area contributed by atoms with Crippen LogP contribution in [0.5, 0.6) is 5.75 Å². The average molecular weight is 270 g/mol. The molecule has 3 nitrogen and oxygen atoms in total. The lowest BCUT2D eigenvalue weighted by atomic mass is 9.99.